The van der Waals surface area contributed by atoms with Crippen molar-refractivity contribution in [3.8, 4) is 11.8 Å². The third-order valence-electron chi connectivity index (χ3n) is 6.61. The molecule has 8 nitrogen and oxygen atoms in total. The lowest BCUT2D eigenvalue weighted by Gasteiger charge is -2.33. The summed E-state index contributed by atoms with van der Waals surface area (Å²) in [6.45, 7) is 2.47. The number of halogens is 2. The van der Waals surface area contributed by atoms with Crippen LogP contribution in [-0.4, -0.2) is 30.6 Å². The summed E-state index contributed by atoms with van der Waals surface area (Å²) in [7, 11) is -4.33. The van der Waals surface area contributed by atoms with Gasteiger partial charge in [0.25, 0.3) is 0 Å². The minimum absolute atomic E-state index is 0.0911. The number of rotatable bonds is 4. The summed E-state index contributed by atoms with van der Waals surface area (Å²) in [6.07, 6.45) is 2.79. The third-order valence-corrected chi connectivity index (χ3v) is 7.54. The highest BCUT2D eigenvalue weighted by Gasteiger charge is 2.24. The van der Waals surface area contributed by atoms with E-state index in [2.05, 4.69) is 16.8 Å². The fraction of sp³-hybridized carbons (Fsp3) is 0.259. The molecule has 2 aromatic heterocycles. The van der Waals surface area contributed by atoms with Gasteiger partial charge in [0.05, 0.1) is 17.6 Å². The molecule has 3 heterocycles. The molecule has 0 bridgehead atoms. The van der Waals surface area contributed by atoms with Crippen LogP contribution in [-0.2, 0) is 10.0 Å². The van der Waals surface area contributed by atoms with Crippen molar-refractivity contribution in [2.75, 3.05) is 11.4 Å². The topological polar surface area (TPSA) is 111 Å². The fourth-order valence-corrected chi connectivity index (χ4v) is 5.33. The minimum atomic E-state index is -4.33. The van der Waals surface area contributed by atoms with Crippen molar-refractivity contribution in [1.82, 2.24) is 9.55 Å². The molecule has 0 amide bonds. The molecule has 196 valence electrons. The highest BCUT2D eigenvalue weighted by atomic mass is 32.2. The van der Waals surface area contributed by atoms with Gasteiger partial charge in [-0.25, -0.2) is 27.7 Å². The Labute approximate surface area is 217 Å². The normalized spacial score (nSPS) is 16.7. The first-order valence-corrected chi connectivity index (χ1v) is 13.5. The summed E-state index contributed by atoms with van der Waals surface area (Å²) < 4.78 is 58.0. The van der Waals surface area contributed by atoms with Crippen LogP contribution in [0.1, 0.15) is 43.4 Å². The molecule has 2 N–H and O–H groups in total. The molecule has 1 aliphatic heterocycles. The smallest absolute Gasteiger partial charge is 0.408 e. The Morgan fingerprint density at radius 2 is 1.92 bits per heavy atom. The molecule has 1 saturated heterocycles. The van der Waals surface area contributed by atoms with E-state index < -0.39 is 38.5 Å². The van der Waals surface area contributed by atoms with Crippen molar-refractivity contribution in [1.29, 1.82) is 0 Å². The highest BCUT2D eigenvalue weighted by Crippen LogP contribution is 2.27. The molecule has 0 saturated carbocycles. The van der Waals surface area contributed by atoms with Crippen LogP contribution >= 0.6 is 0 Å². The first-order chi connectivity index (χ1) is 18.1. The number of anilines is 1. The lowest BCUT2D eigenvalue weighted by molar-refractivity contribution is 0.489. The molecule has 0 radical (unpaired) electrons. The Bertz CT molecular complexity index is 1750. The zero-order valence-electron chi connectivity index (χ0n) is 20.4. The van der Waals surface area contributed by atoms with Gasteiger partial charge in [0, 0.05) is 24.2 Å². The number of hydrogen-bond acceptors (Lipinski definition) is 6. The third kappa shape index (κ3) is 5.05. The van der Waals surface area contributed by atoms with Crippen molar-refractivity contribution >= 4 is 26.9 Å². The van der Waals surface area contributed by atoms with Gasteiger partial charge in [-0.1, -0.05) is 30.0 Å². The largest absolute Gasteiger partial charge is 0.420 e. The molecule has 2 atom stereocenters. The summed E-state index contributed by atoms with van der Waals surface area (Å²) in [5.74, 6) is 4.64. The van der Waals surface area contributed by atoms with Crippen LogP contribution in [0.15, 0.2) is 68.7 Å². The van der Waals surface area contributed by atoms with E-state index >= 15 is 0 Å². The van der Waals surface area contributed by atoms with E-state index in [0.717, 1.165) is 37.9 Å². The molecular formula is C27H24F2N4O4S. The fourth-order valence-electron chi connectivity index (χ4n) is 4.73. The molecule has 2 aromatic carbocycles. The average molecular weight is 539 g/mol. The standard InChI is InChI=1S/C27H24F2N4O4S/c1-17(33-22-15-21(28)24(38(30,35)36)16-23(22)37-27(33)34)19-7-4-6-18(14-19)11-12-20-8-2-3-13-32(20)26-10-5-9-25(29)31-26/h4-7,9-10,14-17,20H,2-3,8,13H2,1H3,(H2,30,35,36)/t17-,20-/m1/s1. The van der Waals surface area contributed by atoms with Gasteiger partial charge in [0.1, 0.15) is 16.5 Å². The number of pyridine rings is 1. The van der Waals surface area contributed by atoms with Crippen LogP contribution in [0.2, 0.25) is 0 Å². The van der Waals surface area contributed by atoms with Crippen molar-refractivity contribution in [2.45, 2.75) is 43.2 Å². The van der Waals surface area contributed by atoms with Crippen molar-refractivity contribution in [3.63, 3.8) is 0 Å². The van der Waals surface area contributed by atoms with Crippen molar-refractivity contribution < 1.29 is 21.6 Å². The maximum Gasteiger partial charge on any atom is 0.420 e. The molecule has 11 heteroatoms. The summed E-state index contributed by atoms with van der Waals surface area (Å²) in [6, 6.07) is 13.1. The summed E-state index contributed by atoms with van der Waals surface area (Å²) in [5.41, 5.74) is 1.43. The first-order valence-electron chi connectivity index (χ1n) is 12.0. The van der Waals surface area contributed by atoms with Gasteiger partial charge in [-0.2, -0.15) is 4.39 Å². The molecule has 4 aromatic rings. The molecule has 0 spiro atoms. The van der Waals surface area contributed by atoms with E-state index in [1.165, 1.54) is 10.6 Å². The van der Waals surface area contributed by atoms with Gasteiger partial charge in [-0.15, -0.1) is 0 Å². The van der Waals surface area contributed by atoms with Crippen LogP contribution in [0.25, 0.3) is 11.1 Å². The monoisotopic (exact) mass is 538 g/mol. The lowest BCUT2D eigenvalue weighted by atomic mass is 10.0. The maximum absolute atomic E-state index is 14.5. The molecular weight excluding hydrogens is 514 g/mol. The Balaban J connectivity index is 1.46. The number of benzene rings is 2. The molecule has 1 fully saturated rings. The van der Waals surface area contributed by atoms with E-state index in [-0.39, 0.29) is 17.1 Å². The van der Waals surface area contributed by atoms with Crippen LogP contribution in [0, 0.1) is 23.6 Å². The second kappa shape index (κ2) is 10.0. The predicted molar refractivity (Wildman–Crippen MR) is 138 cm³/mol. The molecule has 0 unspecified atom stereocenters. The molecule has 5 rings (SSSR count). The quantitative estimate of drug-likeness (QED) is 0.311. The zero-order valence-corrected chi connectivity index (χ0v) is 21.2. The number of nitrogens with two attached hydrogens (primary N) is 1. The number of sulfonamides is 1. The summed E-state index contributed by atoms with van der Waals surface area (Å²) in [5, 5.41) is 5.06. The Hall–Kier alpha value is -4.01. The minimum Gasteiger partial charge on any atom is -0.408 e. The molecule has 38 heavy (non-hydrogen) atoms. The molecule has 1 aliphatic rings. The Morgan fingerprint density at radius 3 is 2.68 bits per heavy atom. The predicted octanol–water partition coefficient (Wildman–Crippen LogP) is 3.94. The molecule has 0 aliphatic carbocycles. The number of oxazole rings is 1. The van der Waals surface area contributed by atoms with E-state index in [0.29, 0.717) is 16.9 Å². The van der Waals surface area contributed by atoms with Gasteiger partial charge in [0.15, 0.2) is 5.58 Å². The SMILES string of the molecule is C[C@H](c1cccc(C#C[C@H]2CCCCN2c2cccc(F)n2)c1)n1c(=O)oc2cc(S(N)(=O)=O)c(F)cc21. The number of primary sulfonamides is 1. The van der Waals surface area contributed by atoms with Crippen LogP contribution in [0.3, 0.4) is 0 Å². The maximum atomic E-state index is 14.5. The van der Waals surface area contributed by atoms with Crippen molar-refractivity contribution in [2.24, 2.45) is 5.14 Å². The highest BCUT2D eigenvalue weighted by molar-refractivity contribution is 7.89. The van der Waals surface area contributed by atoms with Crippen molar-refractivity contribution in [3.05, 3.63) is 88.0 Å². The van der Waals surface area contributed by atoms with Gasteiger partial charge in [-0.05, 0) is 56.0 Å². The number of aromatic nitrogens is 2. The van der Waals surface area contributed by atoms with E-state index in [4.69, 9.17) is 9.56 Å². The summed E-state index contributed by atoms with van der Waals surface area (Å²) >= 11 is 0. The van der Waals surface area contributed by atoms with Crippen LogP contribution < -0.4 is 15.8 Å². The second-order valence-corrected chi connectivity index (χ2v) is 10.7. The Kier molecular flexibility index (Phi) is 6.77. The van der Waals surface area contributed by atoms with Gasteiger partial charge in [-0.3, -0.25) is 4.57 Å². The van der Waals surface area contributed by atoms with Gasteiger partial charge < -0.3 is 9.32 Å². The number of piperidine rings is 1. The average Bonchev–Trinajstić information content (AvgIpc) is 3.20. The summed E-state index contributed by atoms with van der Waals surface area (Å²) in [4.78, 5) is 17.9. The lowest BCUT2D eigenvalue weighted by Crippen LogP contribution is -2.39. The van der Waals surface area contributed by atoms with E-state index in [1.54, 1.807) is 31.2 Å². The Morgan fingerprint density at radius 1 is 1.13 bits per heavy atom. The first kappa shape index (κ1) is 25.6. The van der Waals surface area contributed by atoms with Crippen LogP contribution in [0.4, 0.5) is 14.6 Å². The number of hydrogen-bond donors (Lipinski definition) is 1. The van der Waals surface area contributed by atoms with Gasteiger partial charge in [0.2, 0.25) is 16.0 Å². The second-order valence-electron chi connectivity index (χ2n) is 9.13. The number of nitrogens with zero attached hydrogens (tertiary/aromatic N) is 3. The van der Waals surface area contributed by atoms with Gasteiger partial charge >= 0.3 is 5.76 Å². The van der Waals surface area contributed by atoms with E-state index in [9.17, 15) is 22.0 Å². The number of fused-ring (bicyclic) bond motifs is 1. The van der Waals surface area contributed by atoms with E-state index in [1.807, 2.05) is 17.0 Å². The van der Waals surface area contributed by atoms with Crippen LogP contribution in [0.5, 0.6) is 0 Å². The zero-order chi connectivity index (χ0) is 27.0.